The molecule has 5 nitrogen and oxygen atoms in total. The second kappa shape index (κ2) is 5.95. The first-order valence-electron chi connectivity index (χ1n) is 4.67. The van der Waals surface area contributed by atoms with Crippen LogP contribution in [0.25, 0.3) is 0 Å². The van der Waals surface area contributed by atoms with Crippen LogP contribution in [0.1, 0.15) is 11.1 Å². The molecule has 0 bridgehead atoms. The second-order valence-corrected chi connectivity index (χ2v) is 3.01. The summed E-state index contributed by atoms with van der Waals surface area (Å²) >= 11 is 0. The van der Waals surface area contributed by atoms with Gasteiger partial charge in [0.2, 0.25) is 0 Å². The molecule has 86 valence electrons. The van der Waals surface area contributed by atoms with E-state index < -0.39 is 0 Å². The topological polar surface area (TPSA) is 63.5 Å². The fraction of sp³-hybridized carbons (Fsp3) is 0.364. The number of hydrogen-bond donors (Lipinski definition) is 1. The lowest BCUT2D eigenvalue weighted by molar-refractivity contribution is 0.0860. The smallest absolute Gasteiger partial charge is 0.165 e. The van der Waals surface area contributed by atoms with Gasteiger partial charge < -0.3 is 14.3 Å². The minimum absolute atomic E-state index is 0.436. The van der Waals surface area contributed by atoms with Gasteiger partial charge in [-0.05, 0) is 6.07 Å². The molecule has 1 aromatic carbocycles. The van der Waals surface area contributed by atoms with E-state index in [1.165, 1.54) is 14.2 Å². The van der Waals surface area contributed by atoms with Gasteiger partial charge in [-0.25, -0.2) is 0 Å². The van der Waals surface area contributed by atoms with Crippen molar-refractivity contribution >= 4 is 0 Å². The van der Waals surface area contributed by atoms with Gasteiger partial charge in [0.1, 0.15) is 0 Å². The van der Waals surface area contributed by atoms with Gasteiger partial charge in [0.15, 0.2) is 11.5 Å². The molecule has 16 heavy (non-hydrogen) atoms. The highest BCUT2D eigenvalue weighted by Crippen LogP contribution is 2.32. The average molecular weight is 222 g/mol. The van der Waals surface area contributed by atoms with Crippen molar-refractivity contribution in [3.8, 4) is 17.6 Å². The Kier molecular flexibility index (Phi) is 4.58. The number of nitrogens with zero attached hydrogens (tertiary/aromatic N) is 1. The number of hydroxylamine groups is 1. The van der Waals surface area contributed by atoms with E-state index in [0.717, 1.165) is 5.56 Å². The number of nitriles is 1. The highest BCUT2D eigenvalue weighted by atomic mass is 16.6. The van der Waals surface area contributed by atoms with E-state index in [0.29, 0.717) is 23.6 Å². The number of ether oxygens (including phenoxy) is 2. The van der Waals surface area contributed by atoms with Crippen LogP contribution < -0.4 is 15.0 Å². The maximum Gasteiger partial charge on any atom is 0.165 e. The van der Waals surface area contributed by atoms with E-state index in [9.17, 15) is 0 Å². The lowest BCUT2D eigenvalue weighted by Gasteiger charge is -2.13. The zero-order valence-electron chi connectivity index (χ0n) is 9.53. The van der Waals surface area contributed by atoms with Gasteiger partial charge in [-0.3, -0.25) is 0 Å². The fourth-order valence-electron chi connectivity index (χ4n) is 1.39. The predicted octanol–water partition coefficient (Wildman–Crippen LogP) is 1.23. The van der Waals surface area contributed by atoms with Crippen LogP contribution >= 0.6 is 0 Å². The summed E-state index contributed by atoms with van der Waals surface area (Å²) in [7, 11) is 4.62. The van der Waals surface area contributed by atoms with Gasteiger partial charge in [0.05, 0.1) is 33.0 Å². The Morgan fingerprint density at radius 2 is 2.00 bits per heavy atom. The molecule has 0 aliphatic heterocycles. The third-order valence-corrected chi connectivity index (χ3v) is 2.09. The lowest BCUT2D eigenvalue weighted by Crippen LogP contribution is -2.12. The molecule has 0 saturated heterocycles. The monoisotopic (exact) mass is 222 g/mol. The Labute approximate surface area is 94.5 Å². The molecule has 0 amide bonds. The van der Waals surface area contributed by atoms with Crippen LogP contribution in [0, 0.1) is 11.3 Å². The summed E-state index contributed by atoms with van der Waals surface area (Å²) in [6.45, 7) is 0.436. The molecule has 1 rings (SSSR count). The molecule has 0 fully saturated rings. The second-order valence-electron chi connectivity index (χ2n) is 3.01. The SMILES string of the molecule is CONCc1cc(C#N)cc(OC)c1OC. The minimum Gasteiger partial charge on any atom is -0.493 e. The standard InChI is InChI=1S/C11H14N2O3/c1-14-10-5-8(6-12)4-9(7-13-16-3)11(10)15-2/h4-5,13H,7H2,1-3H3. The van der Waals surface area contributed by atoms with E-state index in [4.69, 9.17) is 19.6 Å². The van der Waals surface area contributed by atoms with Crippen molar-refractivity contribution in [1.29, 1.82) is 5.26 Å². The molecule has 1 N–H and O–H groups in total. The molecule has 0 spiro atoms. The summed E-state index contributed by atoms with van der Waals surface area (Å²) in [5.74, 6) is 1.14. The molecule has 5 heteroatoms. The van der Waals surface area contributed by atoms with Crippen molar-refractivity contribution in [3.05, 3.63) is 23.3 Å². The molecule has 0 atom stereocenters. The van der Waals surface area contributed by atoms with Crippen molar-refractivity contribution in [3.63, 3.8) is 0 Å². The molecule has 0 unspecified atom stereocenters. The van der Waals surface area contributed by atoms with E-state index >= 15 is 0 Å². The Hall–Kier alpha value is -1.77. The average Bonchev–Trinajstić information content (AvgIpc) is 2.34. The highest BCUT2D eigenvalue weighted by molar-refractivity contribution is 5.52. The normalized spacial score (nSPS) is 9.62. The maximum absolute atomic E-state index is 8.87. The number of hydrogen-bond acceptors (Lipinski definition) is 5. The predicted molar refractivity (Wildman–Crippen MR) is 58.1 cm³/mol. The summed E-state index contributed by atoms with van der Waals surface area (Å²) in [6, 6.07) is 5.43. The zero-order valence-corrected chi connectivity index (χ0v) is 9.53. The van der Waals surface area contributed by atoms with Gasteiger partial charge in [-0.15, -0.1) is 0 Å². The van der Waals surface area contributed by atoms with Crippen LogP contribution in [0.15, 0.2) is 12.1 Å². The molecule has 0 saturated carbocycles. The highest BCUT2D eigenvalue weighted by Gasteiger charge is 2.11. The third-order valence-electron chi connectivity index (χ3n) is 2.09. The van der Waals surface area contributed by atoms with E-state index in [2.05, 4.69) is 11.5 Å². The number of benzene rings is 1. The molecule has 0 aliphatic carbocycles. The van der Waals surface area contributed by atoms with E-state index in [1.807, 2.05) is 0 Å². The molecule has 0 heterocycles. The molecule has 0 aliphatic rings. The summed E-state index contributed by atoms with van der Waals surface area (Å²) in [6.07, 6.45) is 0. The van der Waals surface area contributed by atoms with Crippen LogP contribution in [0.4, 0.5) is 0 Å². The summed E-state index contributed by atoms with van der Waals surface area (Å²) in [5, 5.41) is 8.87. The van der Waals surface area contributed by atoms with Crippen LogP contribution in [0.2, 0.25) is 0 Å². The quantitative estimate of drug-likeness (QED) is 0.759. The van der Waals surface area contributed by atoms with Gasteiger partial charge in [-0.1, -0.05) is 0 Å². The molecule has 0 radical (unpaired) electrons. The molecular weight excluding hydrogens is 208 g/mol. The zero-order chi connectivity index (χ0) is 12.0. The number of nitrogens with one attached hydrogen (secondary N) is 1. The maximum atomic E-state index is 8.87. The van der Waals surface area contributed by atoms with Crippen molar-refractivity contribution in [2.75, 3.05) is 21.3 Å². The van der Waals surface area contributed by atoms with Crippen molar-refractivity contribution < 1.29 is 14.3 Å². The fourth-order valence-corrected chi connectivity index (χ4v) is 1.39. The first kappa shape index (κ1) is 12.3. The van der Waals surface area contributed by atoms with Gasteiger partial charge in [-0.2, -0.15) is 10.7 Å². The number of rotatable bonds is 5. The van der Waals surface area contributed by atoms with Gasteiger partial charge in [0, 0.05) is 18.2 Å². The minimum atomic E-state index is 0.436. The van der Waals surface area contributed by atoms with Crippen molar-refractivity contribution in [2.24, 2.45) is 0 Å². The van der Waals surface area contributed by atoms with Crippen molar-refractivity contribution in [2.45, 2.75) is 6.54 Å². The molecule has 0 aromatic heterocycles. The van der Waals surface area contributed by atoms with Gasteiger partial charge in [0.25, 0.3) is 0 Å². The van der Waals surface area contributed by atoms with E-state index in [1.54, 1.807) is 19.2 Å². The first-order valence-corrected chi connectivity index (χ1v) is 4.67. The first-order chi connectivity index (χ1) is 7.76. The third kappa shape index (κ3) is 2.63. The Morgan fingerprint density at radius 3 is 2.50 bits per heavy atom. The van der Waals surface area contributed by atoms with Crippen LogP contribution in [0.3, 0.4) is 0 Å². The van der Waals surface area contributed by atoms with Gasteiger partial charge >= 0.3 is 0 Å². The Morgan fingerprint density at radius 1 is 1.25 bits per heavy atom. The van der Waals surface area contributed by atoms with E-state index in [-0.39, 0.29) is 0 Å². The van der Waals surface area contributed by atoms with Crippen LogP contribution in [-0.4, -0.2) is 21.3 Å². The van der Waals surface area contributed by atoms with Crippen LogP contribution in [-0.2, 0) is 11.4 Å². The van der Waals surface area contributed by atoms with Crippen LogP contribution in [0.5, 0.6) is 11.5 Å². The largest absolute Gasteiger partial charge is 0.493 e. The summed E-state index contributed by atoms with van der Waals surface area (Å²) in [5.41, 5.74) is 4.02. The Balaban J connectivity index is 3.16. The lowest BCUT2D eigenvalue weighted by atomic mass is 10.1. The molecule has 1 aromatic rings. The summed E-state index contributed by atoms with van der Waals surface area (Å²) < 4.78 is 10.4. The Bertz CT molecular complexity index is 399. The summed E-state index contributed by atoms with van der Waals surface area (Å²) in [4.78, 5) is 4.76. The van der Waals surface area contributed by atoms with Crippen molar-refractivity contribution in [1.82, 2.24) is 5.48 Å². The molecular formula is C11H14N2O3. The number of methoxy groups -OCH3 is 2.